The summed E-state index contributed by atoms with van der Waals surface area (Å²) in [5.41, 5.74) is 6.28. The number of guanidine groups is 1. The Morgan fingerprint density at radius 1 is 1.13 bits per heavy atom. The minimum Gasteiger partial charge on any atom is -0.444 e. The molecule has 160 valence electrons. The number of hydrogen-bond donors (Lipinski definition) is 2. The van der Waals surface area contributed by atoms with Gasteiger partial charge in [-0.05, 0) is 32.9 Å². The quantitative estimate of drug-likeness (QED) is 0.438. The number of oxazole rings is 1. The minimum absolute atomic E-state index is 0.514. The smallest absolute Gasteiger partial charge is 0.226 e. The first-order valence-electron chi connectivity index (χ1n) is 9.99. The van der Waals surface area contributed by atoms with Crippen molar-refractivity contribution < 1.29 is 9.15 Å². The highest BCUT2D eigenvalue weighted by atomic mass is 16.5. The van der Waals surface area contributed by atoms with Crippen molar-refractivity contribution in [3.8, 4) is 11.5 Å². The number of rotatable bonds is 8. The number of nitrogens with one attached hydrogen (secondary N) is 2. The molecule has 0 aliphatic heterocycles. The van der Waals surface area contributed by atoms with E-state index in [1.165, 1.54) is 5.56 Å². The maximum absolute atomic E-state index is 5.62. The molecule has 30 heavy (non-hydrogen) atoms. The molecule has 0 fully saturated rings. The van der Waals surface area contributed by atoms with E-state index in [4.69, 9.17) is 9.15 Å². The van der Waals surface area contributed by atoms with Crippen molar-refractivity contribution in [2.24, 2.45) is 4.99 Å². The highest BCUT2D eigenvalue weighted by Crippen LogP contribution is 2.19. The third kappa shape index (κ3) is 5.27. The molecule has 8 heteroatoms. The van der Waals surface area contributed by atoms with E-state index in [2.05, 4.69) is 39.6 Å². The second-order valence-corrected chi connectivity index (χ2v) is 7.15. The summed E-state index contributed by atoms with van der Waals surface area (Å²) in [5.74, 6) is 1.31. The molecule has 2 heterocycles. The van der Waals surface area contributed by atoms with E-state index in [9.17, 15) is 0 Å². The molecule has 2 N–H and O–H groups in total. The van der Waals surface area contributed by atoms with Gasteiger partial charge in [-0.3, -0.25) is 9.67 Å². The molecule has 0 bridgehead atoms. The summed E-state index contributed by atoms with van der Waals surface area (Å²) < 4.78 is 12.8. The zero-order chi connectivity index (χ0) is 21.5. The van der Waals surface area contributed by atoms with Gasteiger partial charge in [0.15, 0.2) is 5.96 Å². The largest absolute Gasteiger partial charge is 0.444 e. The molecule has 0 atom stereocenters. The number of aliphatic imine (C=N–C) groups is 1. The molecule has 1 aromatic carbocycles. The number of hydrogen-bond acceptors (Lipinski definition) is 5. The molecule has 0 aliphatic rings. The van der Waals surface area contributed by atoms with Crippen LogP contribution in [0.4, 0.5) is 0 Å². The van der Waals surface area contributed by atoms with E-state index in [1.807, 2.05) is 35.9 Å². The second-order valence-electron chi connectivity index (χ2n) is 7.15. The van der Waals surface area contributed by atoms with Gasteiger partial charge in [0.2, 0.25) is 5.89 Å². The molecule has 0 aliphatic carbocycles. The van der Waals surface area contributed by atoms with Gasteiger partial charge in [-0.1, -0.05) is 17.7 Å². The van der Waals surface area contributed by atoms with Gasteiger partial charge in [-0.15, -0.1) is 0 Å². The number of methoxy groups -OCH3 is 1. The number of ether oxygens (including phenoxy) is 1. The average molecular weight is 411 g/mol. The Morgan fingerprint density at radius 2 is 1.87 bits per heavy atom. The van der Waals surface area contributed by atoms with E-state index in [-0.39, 0.29) is 0 Å². The first-order valence-corrected chi connectivity index (χ1v) is 9.99. The van der Waals surface area contributed by atoms with Crippen LogP contribution in [-0.2, 0) is 24.4 Å². The van der Waals surface area contributed by atoms with Crippen LogP contribution in [-0.4, -0.2) is 41.5 Å². The van der Waals surface area contributed by atoms with Crippen LogP contribution in [0.1, 0.15) is 28.2 Å². The van der Waals surface area contributed by atoms with E-state index < -0.39 is 0 Å². The lowest BCUT2D eigenvalue weighted by Gasteiger charge is -2.11. The topological polar surface area (TPSA) is 89.5 Å². The molecule has 3 rings (SSSR count). The Bertz CT molecular complexity index is 988. The Labute approximate surface area is 177 Å². The van der Waals surface area contributed by atoms with E-state index >= 15 is 0 Å². The summed E-state index contributed by atoms with van der Waals surface area (Å²) in [6, 6.07) is 8.11. The lowest BCUT2D eigenvalue weighted by Crippen LogP contribution is -2.36. The van der Waals surface area contributed by atoms with Gasteiger partial charge < -0.3 is 19.8 Å². The Kier molecular flexibility index (Phi) is 7.24. The van der Waals surface area contributed by atoms with Gasteiger partial charge in [-0.2, -0.15) is 5.10 Å². The van der Waals surface area contributed by atoms with Crippen molar-refractivity contribution in [3.63, 3.8) is 0 Å². The van der Waals surface area contributed by atoms with E-state index in [0.29, 0.717) is 31.5 Å². The van der Waals surface area contributed by atoms with Gasteiger partial charge in [0.1, 0.15) is 6.26 Å². The number of nitrogens with zero attached hydrogens (tertiary/aromatic N) is 4. The first kappa shape index (κ1) is 21.6. The van der Waals surface area contributed by atoms with Crippen molar-refractivity contribution >= 4 is 5.96 Å². The molecule has 3 aromatic rings. The number of benzene rings is 1. The standard InChI is InChI=1S/C22H30N6O2/c1-15-6-8-18(9-7-15)21-26-19(14-30-21)12-24-22(23-4)25-13-20-16(2)27-28(17(20)3)10-11-29-5/h6-9,14H,10-13H2,1-5H3,(H2,23,24,25). The second kappa shape index (κ2) is 10.1. The number of aryl methyl sites for hydroxylation is 2. The SMILES string of the molecule is CN=C(NCc1coc(-c2ccc(C)cc2)n1)NCc1c(C)nn(CCOC)c1C. The Balaban J connectivity index is 1.56. The van der Waals surface area contributed by atoms with Gasteiger partial charge in [-0.25, -0.2) is 4.98 Å². The molecule has 0 amide bonds. The lowest BCUT2D eigenvalue weighted by molar-refractivity contribution is 0.182. The van der Waals surface area contributed by atoms with Crippen LogP contribution in [0, 0.1) is 20.8 Å². The van der Waals surface area contributed by atoms with Gasteiger partial charge in [0, 0.05) is 37.5 Å². The van der Waals surface area contributed by atoms with E-state index in [1.54, 1.807) is 20.4 Å². The molecular weight excluding hydrogens is 380 g/mol. The summed E-state index contributed by atoms with van der Waals surface area (Å²) in [6.45, 7) is 8.68. The maximum atomic E-state index is 5.62. The van der Waals surface area contributed by atoms with Crippen LogP contribution in [0.15, 0.2) is 39.9 Å². The van der Waals surface area contributed by atoms with Crippen molar-refractivity contribution in [1.82, 2.24) is 25.4 Å². The van der Waals surface area contributed by atoms with E-state index in [0.717, 1.165) is 34.8 Å². The monoisotopic (exact) mass is 410 g/mol. The predicted molar refractivity (Wildman–Crippen MR) is 117 cm³/mol. The van der Waals surface area contributed by atoms with Gasteiger partial charge in [0.25, 0.3) is 0 Å². The van der Waals surface area contributed by atoms with Crippen LogP contribution in [0.3, 0.4) is 0 Å². The normalized spacial score (nSPS) is 11.7. The van der Waals surface area contributed by atoms with Crippen molar-refractivity contribution in [3.05, 3.63) is 58.7 Å². The summed E-state index contributed by atoms with van der Waals surface area (Å²) in [4.78, 5) is 8.86. The van der Waals surface area contributed by atoms with Crippen molar-refractivity contribution in [1.29, 1.82) is 0 Å². The maximum Gasteiger partial charge on any atom is 0.226 e. The van der Waals surface area contributed by atoms with Gasteiger partial charge >= 0.3 is 0 Å². The minimum atomic E-state index is 0.514. The fourth-order valence-electron chi connectivity index (χ4n) is 3.17. The summed E-state index contributed by atoms with van der Waals surface area (Å²) in [7, 11) is 3.44. The van der Waals surface area contributed by atoms with Crippen LogP contribution >= 0.6 is 0 Å². The Hall–Kier alpha value is -3.13. The van der Waals surface area contributed by atoms with Crippen molar-refractivity contribution in [2.45, 2.75) is 40.4 Å². The highest BCUT2D eigenvalue weighted by molar-refractivity contribution is 5.79. The van der Waals surface area contributed by atoms with Gasteiger partial charge in [0.05, 0.1) is 31.1 Å². The third-order valence-corrected chi connectivity index (χ3v) is 4.98. The molecule has 2 aromatic heterocycles. The first-order chi connectivity index (χ1) is 14.5. The van der Waals surface area contributed by atoms with Crippen LogP contribution < -0.4 is 10.6 Å². The zero-order valence-corrected chi connectivity index (χ0v) is 18.3. The molecule has 0 unspecified atom stereocenters. The molecule has 0 saturated carbocycles. The fraction of sp³-hybridized carbons (Fsp3) is 0.409. The van der Waals surface area contributed by atoms with Crippen molar-refractivity contribution in [2.75, 3.05) is 20.8 Å². The summed E-state index contributed by atoms with van der Waals surface area (Å²) in [5, 5.41) is 11.2. The number of aromatic nitrogens is 3. The van der Waals surface area contributed by atoms with Crippen LogP contribution in [0.25, 0.3) is 11.5 Å². The Morgan fingerprint density at radius 3 is 2.57 bits per heavy atom. The highest BCUT2D eigenvalue weighted by Gasteiger charge is 2.12. The fourth-order valence-corrected chi connectivity index (χ4v) is 3.17. The molecule has 8 nitrogen and oxygen atoms in total. The van der Waals surface area contributed by atoms with Crippen LogP contribution in [0.2, 0.25) is 0 Å². The molecular formula is C22H30N6O2. The lowest BCUT2D eigenvalue weighted by atomic mass is 10.1. The molecule has 0 spiro atoms. The summed E-state index contributed by atoms with van der Waals surface area (Å²) in [6.07, 6.45) is 1.67. The average Bonchev–Trinajstić information content (AvgIpc) is 3.32. The van der Waals surface area contributed by atoms with Crippen LogP contribution in [0.5, 0.6) is 0 Å². The summed E-state index contributed by atoms with van der Waals surface area (Å²) >= 11 is 0. The zero-order valence-electron chi connectivity index (χ0n) is 18.3. The predicted octanol–water partition coefficient (Wildman–Crippen LogP) is 2.97. The molecule has 0 radical (unpaired) electrons. The third-order valence-electron chi connectivity index (χ3n) is 4.98. The molecule has 0 saturated heterocycles.